The number of amides is 3. The van der Waals surface area contributed by atoms with E-state index in [4.69, 9.17) is 9.47 Å². The van der Waals surface area contributed by atoms with Gasteiger partial charge in [0.1, 0.15) is 13.2 Å². The highest BCUT2D eigenvalue weighted by atomic mass is 32.2. The van der Waals surface area contributed by atoms with Gasteiger partial charge in [0.05, 0.1) is 4.90 Å². The molecule has 0 aromatic heterocycles. The van der Waals surface area contributed by atoms with E-state index in [2.05, 4.69) is 4.90 Å². The summed E-state index contributed by atoms with van der Waals surface area (Å²) in [5.41, 5.74) is 0. The van der Waals surface area contributed by atoms with Crippen molar-refractivity contribution in [1.29, 1.82) is 0 Å². The summed E-state index contributed by atoms with van der Waals surface area (Å²) in [6, 6.07) is 4.96. The summed E-state index contributed by atoms with van der Waals surface area (Å²) in [6.07, 6.45) is 3.70. The topological polar surface area (TPSA) is 99.7 Å². The van der Waals surface area contributed by atoms with Crippen LogP contribution in [-0.4, -0.2) is 104 Å². The summed E-state index contributed by atoms with van der Waals surface area (Å²) >= 11 is 0. The number of benzene rings is 1. The van der Waals surface area contributed by atoms with E-state index in [1.807, 2.05) is 4.90 Å². The number of piperazine rings is 1. The van der Waals surface area contributed by atoms with E-state index in [0.717, 1.165) is 25.8 Å². The minimum Gasteiger partial charge on any atom is -0.486 e. The molecule has 2 unspecified atom stereocenters. The average molecular weight is 505 g/mol. The number of rotatable bonds is 2. The van der Waals surface area contributed by atoms with Gasteiger partial charge in [-0.05, 0) is 43.2 Å². The Bertz CT molecular complexity index is 1120. The summed E-state index contributed by atoms with van der Waals surface area (Å²) < 4.78 is 38.9. The fraction of sp³-hybridized carbons (Fsp3) is 0.667. The molecule has 3 amide bonds. The number of carbonyl (C=O) groups is 2. The first-order valence-electron chi connectivity index (χ1n) is 12.6. The molecule has 5 aliphatic heterocycles. The van der Waals surface area contributed by atoms with Crippen molar-refractivity contribution in [3.05, 3.63) is 18.2 Å². The van der Waals surface area contributed by atoms with Crippen LogP contribution < -0.4 is 9.47 Å². The Labute approximate surface area is 205 Å². The molecule has 5 heterocycles. The highest BCUT2D eigenvalue weighted by Gasteiger charge is 2.45. The maximum Gasteiger partial charge on any atom is 0.320 e. The van der Waals surface area contributed by atoms with E-state index in [9.17, 15) is 18.0 Å². The summed E-state index contributed by atoms with van der Waals surface area (Å²) in [5, 5.41) is 0. The Kier molecular flexibility index (Phi) is 5.79. The van der Waals surface area contributed by atoms with Crippen LogP contribution in [0.3, 0.4) is 0 Å². The second-order valence-electron chi connectivity index (χ2n) is 10.3. The predicted octanol–water partition coefficient (Wildman–Crippen LogP) is 1.22. The molecule has 5 aliphatic rings. The fourth-order valence-electron chi connectivity index (χ4n) is 6.42. The lowest BCUT2D eigenvalue weighted by atomic mass is 9.76. The smallest absolute Gasteiger partial charge is 0.320 e. The number of piperidine rings is 3. The highest BCUT2D eigenvalue weighted by Crippen LogP contribution is 2.38. The third-order valence-corrected chi connectivity index (χ3v) is 10.0. The Morgan fingerprint density at radius 3 is 2.51 bits per heavy atom. The first kappa shape index (κ1) is 22.9. The van der Waals surface area contributed by atoms with E-state index >= 15 is 0 Å². The number of fused-ring (bicyclic) bond motifs is 5. The number of urea groups is 1. The lowest BCUT2D eigenvalue weighted by Gasteiger charge is -2.53. The lowest BCUT2D eigenvalue weighted by Crippen LogP contribution is -2.63. The van der Waals surface area contributed by atoms with Crippen molar-refractivity contribution in [2.24, 2.45) is 11.8 Å². The van der Waals surface area contributed by atoms with Gasteiger partial charge in [-0.1, -0.05) is 0 Å². The third kappa shape index (κ3) is 4.12. The number of likely N-dealkylation sites (tertiary alicyclic amines) is 1. The second kappa shape index (κ2) is 8.85. The van der Waals surface area contributed by atoms with Crippen molar-refractivity contribution < 1.29 is 27.5 Å². The van der Waals surface area contributed by atoms with Crippen LogP contribution in [-0.2, 0) is 14.8 Å². The van der Waals surface area contributed by atoms with Crippen LogP contribution in [0.25, 0.3) is 0 Å². The average Bonchev–Trinajstić information content (AvgIpc) is 2.88. The number of carbonyl (C=O) groups excluding carboxylic acids is 2. The molecular weight excluding hydrogens is 472 g/mol. The maximum absolute atomic E-state index is 13.4. The van der Waals surface area contributed by atoms with Gasteiger partial charge in [-0.25, -0.2) is 13.2 Å². The zero-order chi connectivity index (χ0) is 24.2. The molecule has 10 nitrogen and oxygen atoms in total. The molecule has 6 rings (SSSR count). The Morgan fingerprint density at radius 1 is 0.943 bits per heavy atom. The number of hydrogen-bond acceptors (Lipinski definition) is 6. The number of ether oxygens (including phenoxy) is 2. The molecule has 0 N–H and O–H groups in total. The van der Waals surface area contributed by atoms with Gasteiger partial charge >= 0.3 is 6.03 Å². The highest BCUT2D eigenvalue weighted by molar-refractivity contribution is 7.89. The van der Waals surface area contributed by atoms with Crippen LogP contribution in [0.4, 0.5) is 4.79 Å². The van der Waals surface area contributed by atoms with Crippen molar-refractivity contribution in [2.75, 3.05) is 59.0 Å². The standard InChI is InChI=1S/C24H32N4O6S/c29-23-3-1-2-20-18-12-17(15-28(20)23)14-26(16-18)24(30)25-6-8-27(9-7-25)35(31,32)19-4-5-21-22(13-19)34-11-10-33-21/h4-5,13,17-18,20H,1-3,6-12,14-16H2/t17?,18?,20-/m1/s1. The van der Waals surface area contributed by atoms with Crippen molar-refractivity contribution in [3.63, 3.8) is 0 Å². The van der Waals surface area contributed by atoms with E-state index < -0.39 is 10.0 Å². The van der Waals surface area contributed by atoms with E-state index in [0.29, 0.717) is 69.1 Å². The molecule has 1 aromatic carbocycles. The van der Waals surface area contributed by atoms with Crippen LogP contribution in [0.2, 0.25) is 0 Å². The summed E-state index contributed by atoms with van der Waals surface area (Å²) in [4.78, 5) is 31.7. The Balaban J connectivity index is 1.09. The first-order chi connectivity index (χ1) is 16.9. The quantitative estimate of drug-likeness (QED) is 0.601. The van der Waals surface area contributed by atoms with E-state index in [-0.39, 0.29) is 36.0 Å². The molecule has 4 saturated heterocycles. The van der Waals surface area contributed by atoms with Crippen LogP contribution in [0.15, 0.2) is 23.1 Å². The van der Waals surface area contributed by atoms with Gasteiger partial charge in [0.15, 0.2) is 11.5 Å². The lowest BCUT2D eigenvalue weighted by molar-refractivity contribution is -0.144. The zero-order valence-electron chi connectivity index (χ0n) is 19.8. The summed E-state index contributed by atoms with van der Waals surface area (Å²) in [5.74, 6) is 1.93. The molecule has 0 spiro atoms. The largest absolute Gasteiger partial charge is 0.486 e. The van der Waals surface area contributed by atoms with Gasteiger partial charge in [-0.3, -0.25) is 4.79 Å². The monoisotopic (exact) mass is 504 g/mol. The van der Waals surface area contributed by atoms with Crippen molar-refractivity contribution in [1.82, 2.24) is 19.0 Å². The molecular formula is C24H32N4O6S. The molecule has 11 heteroatoms. The molecule has 35 heavy (non-hydrogen) atoms. The molecule has 190 valence electrons. The number of nitrogens with zero attached hydrogens (tertiary/aromatic N) is 4. The van der Waals surface area contributed by atoms with Crippen molar-refractivity contribution in [2.45, 2.75) is 36.6 Å². The van der Waals surface area contributed by atoms with Gasteiger partial charge in [-0.15, -0.1) is 0 Å². The first-order valence-corrected chi connectivity index (χ1v) is 14.1. The van der Waals surface area contributed by atoms with Gasteiger partial charge in [0.2, 0.25) is 15.9 Å². The SMILES string of the molecule is O=C(N1CCN(S(=O)(=O)c2ccc3c(c2)OCCO3)CC1)N1CC2CC(C1)[C@H]1CCCC(=O)N1C2. The predicted molar refractivity (Wildman–Crippen MR) is 126 cm³/mol. The van der Waals surface area contributed by atoms with E-state index in [1.54, 1.807) is 17.0 Å². The van der Waals surface area contributed by atoms with Gasteiger partial charge < -0.3 is 24.2 Å². The summed E-state index contributed by atoms with van der Waals surface area (Å²) in [6.45, 7) is 4.19. The molecule has 2 bridgehead atoms. The maximum atomic E-state index is 13.4. The van der Waals surface area contributed by atoms with Crippen LogP contribution in [0.5, 0.6) is 11.5 Å². The number of sulfonamides is 1. The third-order valence-electron chi connectivity index (χ3n) is 8.11. The fourth-order valence-corrected chi connectivity index (χ4v) is 7.86. The molecule has 0 aliphatic carbocycles. The van der Waals surface area contributed by atoms with Gasteiger partial charge in [0.25, 0.3) is 0 Å². The number of hydrogen-bond donors (Lipinski definition) is 0. The molecule has 0 radical (unpaired) electrons. The minimum atomic E-state index is -3.69. The molecule has 1 aromatic rings. The van der Waals surface area contributed by atoms with Gasteiger partial charge in [-0.2, -0.15) is 4.31 Å². The minimum absolute atomic E-state index is 0.00772. The summed E-state index contributed by atoms with van der Waals surface area (Å²) in [7, 11) is -3.69. The van der Waals surface area contributed by atoms with Crippen LogP contribution >= 0.6 is 0 Å². The normalized spacial score (nSPS) is 29.1. The van der Waals surface area contributed by atoms with Crippen LogP contribution in [0, 0.1) is 11.8 Å². The zero-order valence-corrected chi connectivity index (χ0v) is 20.6. The van der Waals surface area contributed by atoms with Crippen molar-refractivity contribution >= 4 is 22.0 Å². The Hall–Kier alpha value is -2.53. The molecule has 4 fully saturated rings. The van der Waals surface area contributed by atoms with E-state index in [1.165, 1.54) is 10.4 Å². The van der Waals surface area contributed by atoms with Crippen LogP contribution in [0.1, 0.15) is 25.7 Å². The Morgan fingerprint density at radius 2 is 1.71 bits per heavy atom. The van der Waals surface area contributed by atoms with Gasteiger partial charge in [0, 0.05) is 64.3 Å². The van der Waals surface area contributed by atoms with Crippen molar-refractivity contribution in [3.8, 4) is 11.5 Å². The second-order valence-corrected chi connectivity index (χ2v) is 12.2. The molecule has 0 saturated carbocycles. The molecule has 3 atom stereocenters.